The fraction of sp³-hybridized carbons (Fsp3) is 0.250. The molecule has 0 fully saturated rings. The summed E-state index contributed by atoms with van der Waals surface area (Å²) in [5.74, 6) is 1.75. The molecule has 0 saturated carbocycles. The van der Waals surface area contributed by atoms with Crippen molar-refractivity contribution in [3.8, 4) is 17.2 Å². The average molecular weight is 416 g/mol. The smallest absolute Gasteiger partial charge is 0.240 e. The summed E-state index contributed by atoms with van der Waals surface area (Å²) in [6.45, 7) is 0.0964. The molecule has 0 spiro atoms. The van der Waals surface area contributed by atoms with Crippen LogP contribution in [-0.2, 0) is 16.6 Å². The number of hydrogen-bond donors (Lipinski definition) is 1. The summed E-state index contributed by atoms with van der Waals surface area (Å²) in [5.41, 5.74) is 0.703. The van der Waals surface area contributed by atoms with Crippen molar-refractivity contribution in [3.05, 3.63) is 46.4 Å². The molecule has 1 N–H and O–H groups in total. The van der Waals surface area contributed by atoms with E-state index >= 15 is 0 Å². The Morgan fingerprint density at radius 1 is 0.958 bits per heavy atom. The largest absolute Gasteiger partial charge is 0.497 e. The number of nitrogens with one attached hydrogen (secondary N) is 1. The van der Waals surface area contributed by atoms with Gasteiger partial charge >= 0.3 is 0 Å². The van der Waals surface area contributed by atoms with Gasteiger partial charge in [-0.25, -0.2) is 13.1 Å². The highest BCUT2D eigenvalue weighted by molar-refractivity contribution is 9.10. The molecule has 2 rings (SSSR count). The first kappa shape index (κ1) is 18.6. The summed E-state index contributed by atoms with van der Waals surface area (Å²) in [6, 6.07) is 9.77. The number of rotatable bonds is 7. The highest BCUT2D eigenvalue weighted by Crippen LogP contribution is 2.28. The number of halogens is 1. The predicted octanol–water partition coefficient (Wildman–Crippen LogP) is 2.95. The Labute approximate surface area is 149 Å². The fourth-order valence-corrected chi connectivity index (χ4v) is 3.79. The molecular formula is C16H18BrNO5S. The Kier molecular flexibility index (Phi) is 6.09. The van der Waals surface area contributed by atoms with Gasteiger partial charge in [-0.1, -0.05) is 6.07 Å². The lowest BCUT2D eigenvalue weighted by Crippen LogP contribution is -2.23. The van der Waals surface area contributed by atoms with Gasteiger partial charge in [0, 0.05) is 18.2 Å². The minimum absolute atomic E-state index is 0.0964. The Morgan fingerprint density at radius 3 is 2.25 bits per heavy atom. The summed E-state index contributed by atoms with van der Waals surface area (Å²) in [4.78, 5) is 0.141. The van der Waals surface area contributed by atoms with Crippen LogP contribution in [0.25, 0.3) is 0 Å². The third kappa shape index (κ3) is 4.19. The van der Waals surface area contributed by atoms with Crippen LogP contribution in [0.4, 0.5) is 0 Å². The van der Waals surface area contributed by atoms with E-state index in [1.54, 1.807) is 31.4 Å². The van der Waals surface area contributed by atoms with Gasteiger partial charge in [0.1, 0.15) is 17.2 Å². The van der Waals surface area contributed by atoms with Crippen LogP contribution in [0.5, 0.6) is 17.2 Å². The molecular weight excluding hydrogens is 398 g/mol. The molecule has 0 unspecified atom stereocenters. The Hall–Kier alpha value is -1.77. The second-order valence-electron chi connectivity index (χ2n) is 4.80. The Morgan fingerprint density at radius 2 is 1.67 bits per heavy atom. The van der Waals surface area contributed by atoms with E-state index in [9.17, 15) is 8.42 Å². The van der Waals surface area contributed by atoms with Crippen molar-refractivity contribution in [1.82, 2.24) is 4.72 Å². The maximum absolute atomic E-state index is 12.4. The molecule has 0 bridgehead atoms. The molecule has 24 heavy (non-hydrogen) atoms. The SMILES string of the molecule is COc1ccc(CNS(=O)(=O)c2ccc(OC)c(Br)c2)c(OC)c1. The van der Waals surface area contributed by atoms with Gasteiger partial charge in [-0.3, -0.25) is 0 Å². The second kappa shape index (κ2) is 7.87. The zero-order valence-electron chi connectivity index (χ0n) is 13.5. The minimum Gasteiger partial charge on any atom is -0.497 e. The molecule has 0 radical (unpaired) electrons. The molecule has 0 aliphatic carbocycles. The van der Waals surface area contributed by atoms with Gasteiger partial charge in [-0.2, -0.15) is 0 Å². The third-order valence-electron chi connectivity index (χ3n) is 3.38. The van der Waals surface area contributed by atoms with Gasteiger partial charge in [0.2, 0.25) is 10.0 Å². The van der Waals surface area contributed by atoms with Crippen molar-refractivity contribution in [2.24, 2.45) is 0 Å². The van der Waals surface area contributed by atoms with Crippen molar-refractivity contribution in [2.45, 2.75) is 11.4 Å². The van der Waals surface area contributed by atoms with E-state index in [1.165, 1.54) is 26.4 Å². The van der Waals surface area contributed by atoms with Gasteiger partial charge in [0.15, 0.2) is 0 Å². The van der Waals surface area contributed by atoms with Crippen LogP contribution in [0.1, 0.15) is 5.56 Å². The maximum atomic E-state index is 12.4. The van der Waals surface area contributed by atoms with Crippen LogP contribution >= 0.6 is 15.9 Å². The van der Waals surface area contributed by atoms with E-state index < -0.39 is 10.0 Å². The molecule has 2 aromatic rings. The zero-order valence-corrected chi connectivity index (χ0v) is 15.9. The quantitative estimate of drug-likeness (QED) is 0.752. The van der Waals surface area contributed by atoms with E-state index in [2.05, 4.69) is 20.7 Å². The third-order valence-corrected chi connectivity index (χ3v) is 5.40. The van der Waals surface area contributed by atoms with Crippen LogP contribution in [0.15, 0.2) is 45.8 Å². The van der Waals surface area contributed by atoms with Crippen molar-refractivity contribution in [1.29, 1.82) is 0 Å². The molecule has 6 nitrogen and oxygen atoms in total. The van der Waals surface area contributed by atoms with Crippen LogP contribution in [0.3, 0.4) is 0 Å². The van der Waals surface area contributed by atoms with E-state index in [-0.39, 0.29) is 11.4 Å². The van der Waals surface area contributed by atoms with Crippen molar-refractivity contribution >= 4 is 26.0 Å². The first-order valence-corrected chi connectivity index (χ1v) is 9.23. The van der Waals surface area contributed by atoms with Gasteiger partial charge < -0.3 is 14.2 Å². The van der Waals surface area contributed by atoms with Crippen LogP contribution in [-0.4, -0.2) is 29.7 Å². The van der Waals surface area contributed by atoms with Gasteiger partial charge in [0.25, 0.3) is 0 Å². The number of methoxy groups -OCH3 is 3. The van der Waals surface area contributed by atoms with Gasteiger partial charge in [-0.05, 0) is 40.2 Å². The van der Waals surface area contributed by atoms with Crippen molar-refractivity contribution in [2.75, 3.05) is 21.3 Å². The topological polar surface area (TPSA) is 73.9 Å². The second-order valence-corrected chi connectivity index (χ2v) is 7.42. The Bertz CT molecular complexity index is 823. The van der Waals surface area contributed by atoms with E-state index in [1.807, 2.05) is 0 Å². The molecule has 130 valence electrons. The maximum Gasteiger partial charge on any atom is 0.240 e. The monoisotopic (exact) mass is 415 g/mol. The van der Waals surface area contributed by atoms with Crippen molar-refractivity contribution in [3.63, 3.8) is 0 Å². The number of hydrogen-bond acceptors (Lipinski definition) is 5. The van der Waals surface area contributed by atoms with Crippen molar-refractivity contribution < 1.29 is 22.6 Å². The van der Waals surface area contributed by atoms with E-state index in [4.69, 9.17) is 14.2 Å². The zero-order chi connectivity index (χ0) is 17.7. The average Bonchev–Trinajstić information content (AvgIpc) is 2.59. The first-order chi connectivity index (χ1) is 11.4. The van der Waals surface area contributed by atoms with Gasteiger partial charge in [-0.15, -0.1) is 0 Å². The molecule has 0 aliphatic heterocycles. The van der Waals surface area contributed by atoms with E-state index in [0.717, 1.165) is 0 Å². The minimum atomic E-state index is -3.67. The van der Waals surface area contributed by atoms with E-state index in [0.29, 0.717) is 27.3 Å². The molecule has 8 heteroatoms. The lowest BCUT2D eigenvalue weighted by molar-refractivity contribution is 0.390. The molecule has 0 heterocycles. The number of ether oxygens (including phenoxy) is 3. The molecule has 0 aromatic heterocycles. The first-order valence-electron chi connectivity index (χ1n) is 6.95. The van der Waals surface area contributed by atoms with Gasteiger partial charge in [0.05, 0.1) is 30.7 Å². The Balaban J connectivity index is 2.20. The molecule has 0 saturated heterocycles. The number of benzene rings is 2. The highest BCUT2D eigenvalue weighted by atomic mass is 79.9. The normalized spacial score (nSPS) is 11.2. The lowest BCUT2D eigenvalue weighted by Gasteiger charge is -2.12. The lowest BCUT2D eigenvalue weighted by atomic mass is 10.2. The molecule has 0 atom stereocenters. The van der Waals surface area contributed by atoms with Crippen LogP contribution in [0, 0.1) is 0 Å². The summed E-state index contributed by atoms with van der Waals surface area (Å²) >= 11 is 3.28. The fourth-order valence-electron chi connectivity index (χ4n) is 2.07. The highest BCUT2D eigenvalue weighted by Gasteiger charge is 2.17. The number of sulfonamides is 1. The summed E-state index contributed by atoms with van der Waals surface area (Å²) in [7, 11) is 0.923. The molecule has 2 aromatic carbocycles. The van der Waals surface area contributed by atoms with Crippen LogP contribution in [0.2, 0.25) is 0 Å². The molecule has 0 amide bonds. The standard InChI is InChI=1S/C16H18BrNO5S/c1-21-12-5-4-11(16(8-12)23-3)10-18-24(19,20)13-6-7-15(22-2)14(17)9-13/h4-9,18H,10H2,1-3H3. The summed E-state index contributed by atoms with van der Waals surface area (Å²) in [5, 5.41) is 0. The predicted molar refractivity (Wildman–Crippen MR) is 94.3 cm³/mol. The summed E-state index contributed by atoms with van der Waals surface area (Å²) < 4.78 is 43.5. The van der Waals surface area contributed by atoms with Crippen LogP contribution < -0.4 is 18.9 Å². The molecule has 0 aliphatic rings. The summed E-state index contributed by atoms with van der Waals surface area (Å²) in [6.07, 6.45) is 0.